The van der Waals surface area contributed by atoms with Crippen LogP contribution in [0.3, 0.4) is 0 Å². The molecule has 2 rings (SSSR count). The van der Waals surface area contributed by atoms with Gasteiger partial charge in [-0.3, -0.25) is 19.0 Å². The summed E-state index contributed by atoms with van der Waals surface area (Å²) in [4.78, 5) is 32.3. The Hall–Kier alpha value is -1.63. The number of carbonyl (C=O) groups is 3. The van der Waals surface area contributed by atoms with E-state index in [1.54, 1.807) is 0 Å². The highest BCUT2D eigenvalue weighted by Crippen LogP contribution is 2.46. The number of hydrogen-bond donors (Lipinski definition) is 3. The number of fused-ring (bicyclic) bond motifs is 1. The smallest absolute Gasteiger partial charge is 0.352 e. The van der Waals surface area contributed by atoms with Crippen LogP contribution in [0.25, 0.3) is 0 Å². The van der Waals surface area contributed by atoms with Crippen molar-refractivity contribution < 1.29 is 37.2 Å². The van der Waals surface area contributed by atoms with E-state index in [4.69, 9.17) is 15.0 Å². The molecule has 2 aliphatic rings. The number of carboxylic acids is 1. The van der Waals surface area contributed by atoms with Gasteiger partial charge in [0.1, 0.15) is 17.7 Å². The van der Waals surface area contributed by atoms with Crippen molar-refractivity contribution in [2.45, 2.75) is 17.2 Å². The standard InChI is InChI=1S/C10H12N2O8S2/c1-4(13)20-2-5-3-21-9-10(11,22(17,18)19)8(16)12(9)6(5)7(14)15/h9H,2-3,11H2,1H3,(H,14,15)(H,17,18,19)/t9-,10-/m1/s1. The molecular weight excluding hydrogens is 340 g/mol. The van der Waals surface area contributed by atoms with Gasteiger partial charge in [-0.2, -0.15) is 8.42 Å². The lowest BCUT2D eigenvalue weighted by Crippen LogP contribution is -2.80. The first-order valence-corrected chi connectivity index (χ1v) is 8.30. The van der Waals surface area contributed by atoms with Gasteiger partial charge in [-0.05, 0) is 0 Å². The summed E-state index contributed by atoms with van der Waals surface area (Å²) in [6.45, 7) is 0.793. The predicted molar refractivity (Wildman–Crippen MR) is 72.9 cm³/mol. The summed E-state index contributed by atoms with van der Waals surface area (Å²) in [5.74, 6) is -3.38. The Morgan fingerprint density at radius 1 is 1.55 bits per heavy atom. The number of esters is 1. The van der Waals surface area contributed by atoms with Crippen molar-refractivity contribution in [2.75, 3.05) is 12.4 Å². The van der Waals surface area contributed by atoms with Crippen molar-refractivity contribution >= 4 is 39.7 Å². The van der Waals surface area contributed by atoms with Crippen LogP contribution in [0, 0.1) is 0 Å². The highest BCUT2D eigenvalue weighted by molar-refractivity contribution is 8.01. The molecule has 1 amide bonds. The number of amides is 1. The zero-order valence-electron chi connectivity index (χ0n) is 11.2. The van der Waals surface area contributed by atoms with E-state index in [2.05, 4.69) is 0 Å². The molecule has 1 saturated heterocycles. The van der Waals surface area contributed by atoms with Crippen LogP contribution in [-0.4, -0.2) is 63.4 Å². The third kappa shape index (κ3) is 2.27. The first-order chi connectivity index (χ1) is 10.0. The lowest BCUT2D eigenvalue weighted by molar-refractivity contribution is -0.150. The molecule has 4 N–H and O–H groups in total. The van der Waals surface area contributed by atoms with Gasteiger partial charge in [0.25, 0.3) is 20.9 Å². The Morgan fingerprint density at radius 2 is 2.14 bits per heavy atom. The molecule has 2 atom stereocenters. The zero-order valence-corrected chi connectivity index (χ0v) is 12.8. The number of thioether (sulfide) groups is 1. The zero-order chi connectivity index (χ0) is 16.9. The molecule has 0 aromatic carbocycles. The molecule has 122 valence electrons. The molecule has 2 aliphatic heterocycles. The van der Waals surface area contributed by atoms with Crippen molar-refractivity contribution in [3.8, 4) is 0 Å². The molecule has 22 heavy (non-hydrogen) atoms. The Balaban J connectivity index is 2.41. The van der Waals surface area contributed by atoms with Crippen LogP contribution in [0.2, 0.25) is 0 Å². The summed E-state index contributed by atoms with van der Waals surface area (Å²) >= 11 is 0.860. The molecule has 0 aliphatic carbocycles. The van der Waals surface area contributed by atoms with E-state index in [1.165, 1.54) is 0 Å². The molecule has 0 saturated carbocycles. The normalized spacial score (nSPS) is 28.0. The summed E-state index contributed by atoms with van der Waals surface area (Å²) in [5.41, 5.74) is 5.10. The van der Waals surface area contributed by atoms with E-state index < -0.39 is 43.9 Å². The van der Waals surface area contributed by atoms with Gasteiger partial charge in [-0.15, -0.1) is 11.8 Å². The summed E-state index contributed by atoms with van der Waals surface area (Å²) in [7, 11) is -4.91. The third-order valence-electron chi connectivity index (χ3n) is 3.22. The molecule has 0 radical (unpaired) electrons. The molecule has 0 spiro atoms. The SMILES string of the molecule is CC(=O)OCC1=C(C(=O)O)N2C(=O)[C@@](N)(S(=O)(=O)O)[C@H]2SC1. The van der Waals surface area contributed by atoms with Crippen molar-refractivity contribution in [3.63, 3.8) is 0 Å². The van der Waals surface area contributed by atoms with Crippen molar-refractivity contribution in [2.24, 2.45) is 5.73 Å². The van der Waals surface area contributed by atoms with E-state index in [-0.39, 0.29) is 17.9 Å². The lowest BCUT2D eigenvalue weighted by atomic mass is 10.0. The highest BCUT2D eigenvalue weighted by Gasteiger charge is 2.69. The number of carbonyl (C=O) groups excluding carboxylic acids is 2. The third-order valence-corrected chi connectivity index (χ3v) is 6.04. The van der Waals surface area contributed by atoms with Gasteiger partial charge in [0.05, 0.1) is 0 Å². The second-order valence-electron chi connectivity index (χ2n) is 4.64. The Morgan fingerprint density at radius 3 is 2.59 bits per heavy atom. The summed E-state index contributed by atoms with van der Waals surface area (Å²) in [5, 5.41) is 7.97. The van der Waals surface area contributed by atoms with E-state index >= 15 is 0 Å². The Kier molecular flexibility index (Phi) is 3.97. The molecule has 0 aromatic heterocycles. The Labute approximate surface area is 129 Å². The van der Waals surface area contributed by atoms with Gasteiger partial charge in [0, 0.05) is 18.2 Å². The van der Waals surface area contributed by atoms with Gasteiger partial charge < -0.3 is 15.6 Å². The van der Waals surface area contributed by atoms with E-state index in [1.807, 2.05) is 0 Å². The number of aliphatic carboxylic acids is 1. The minimum atomic E-state index is -4.91. The minimum absolute atomic E-state index is 0.0160. The molecule has 0 bridgehead atoms. The van der Waals surface area contributed by atoms with Crippen LogP contribution in [0.1, 0.15) is 6.92 Å². The average molecular weight is 352 g/mol. The topological polar surface area (TPSA) is 164 Å². The number of ether oxygens (including phenoxy) is 1. The molecular formula is C10H12N2O8S2. The first kappa shape index (κ1) is 16.7. The second-order valence-corrected chi connectivity index (χ2v) is 7.34. The maximum Gasteiger partial charge on any atom is 0.352 e. The van der Waals surface area contributed by atoms with Crippen LogP contribution >= 0.6 is 11.8 Å². The largest absolute Gasteiger partial charge is 0.477 e. The van der Waals surface area contributed by atoms with Gasteiger partial charge in [0.2, 0.25) is 0 Å². The summed E-state index contributed by atoms with van der Waals surface area (Å²) < 4.78 is 36.5. The fraction of sp³-hybridized carbons (Fsp3) is 0.500. The number of nitrogens with zero attached hydrogens (tertiary/aromatic N) is 1. The van der Waals surface area contributed by atoms with Gasteiger partial charge in [-0.25, -0.2) is 4.79 Å². The number of nitrogens with two attached hydrogens (primary N) is 1. The molecule has 2 heterocycles. The van der Waals surface area contributed by atoms with Crippen LogP contribution < -0.4 is 5.73 Å². The van der Waals surface area contributed by atoms with E-state index in [0.717, 1.165) is 18.7 Å². The number of carboxylic acid groups (broad SMARTS) is 1. The second kappa shape index (κ2) is 5.22. The number of rotatable bonds is 4. The van der Waals surface area contributed by atoms with Crippen LogP contribution in [0.4, 0.5) is 0 Å². The quantitative estimate of drug-likeness (QED) is 0.303. The summed E-state index contributed by atoms with van der Waals surface area (Å²) in [6, 6.07) is 0. The molecule has 12 heteroatoms. The predicted octanol–water partition coefficient (Wildman–Crippen LogP) is -1.65. The van der Waals surface area contributed by atoms with Gasteiger partial charge in [0.15, 0.2) is 0 Å². The molecule has 0 aromatic rings. The molecule has 10 nitrogen and oxygen atoms in total. The summed E-state index contributed by atoms with van der Waals surface area (Å²) in [6.07, 6.45) is 0. The van der Waals surface area contributed by atoms with Crippen LogP contribution in [0.15, 0.2) is 11.3 Å². The fourth-order valence-corrected chi connectivity index (χ4v) is 4.68. The first-order valence-electron chi connectivity index (χ1n) is 5.81. The average Bonchev–Trinajstić information content (AvgIpc) is 2.41. The lowest BCUT2D eigenvalue weighted by Gasteiger charge is -2.53. The van der Waals surface area contributed by atoms with Crippen LogP contribution in [-0.2, 0) is 29.2 Å². The Bertz CT molecular complexity index is 700. The van der Waals surface area contributed by atoms with Crippen molar-refractivity contribution in [1.82, 2.24) is 4.90 Å². The van der Waals surface area contributed by atoms with Crippen molar-refractivity contribution in [3.05, 3.63) is 11.3 Å². The maximum atomic E-state index is 12.0. The van der Waals surface area contributed by atoms with Gasteiger partial charge in [-0.1, -0.05) is 0 Å². The number of hydrogen-bond acceptors (Lipinski definition) is 8. The molecule has 0 unspecified atom stereocenters. The monoisotopic (exact) mass is 352 g/mol. The fourth-order valence-electron chi connectivity index (χ4n) is 2.15. The van der Waals surface area contributed by atoms with Gasteiger partial charge >= 0.3 is 11.9 Å². The van der Waals surface area contributed by atoms with Crippen molar-refractivity contribution in [1.29, 1.82) is 0 Å². The number of β-lactam (4-membered cyclic amide) rings is 1. The van der Waals surface area contributed by atoms with Crippen LogP contribution in [0.5, 0.6) is 0 Å². The van der Waals surface area contributed by atoms with E-state index in [0.29, 0.717) is 4.90 Å². The maximum absolute atomic E-state index is 12.0. The van der Waals surface area contributed by atoms with E-state index in [9.17, 15) is 27.9 Å². The molecule has 1 fully saturated rings. The highest BCUT2D eigenvalue weighted by atomic mass is 32.2. The minimum Gasteiger partial charge on any atom is -0.477 e.